The van der Waals surface area contributed by atoms with Crippen molar-refractivity contribution in [2.45, 2.75) is 24.8 Å². The molecule has 0 radical (unpaired) electrons. The third-order valence-electron chi connectivity index (χ3n) is 3.06. The van der Waals surface area contributed by atoms with Gasteiger partial charge in [-0.15, -0.1) is 0 Å². The van der Waals surface area contributed by atoms with E-state index in [9.17, 15) is 8.42 Å². The molecule has 23 heavy (non-hydrogen) atoms. The highest BCUT2D eigenvalue weighted by Crippen LogP contribution is 2.33. The highest BCUT2D eigenvalue weighted by atomic mass is 32.2. The van der Waals surface area contributed by atoms with Crippen LogP contribution in [0.2, 0.25) is 0 Å². The zero-order chi connectivity index (χ0) is 17.2. The molecule has 0 unspecified atom stereocenters. The van der Waals surface area contributed by atoms with Crippen LogP contribution in [0.15, 0.2) is 23.5 Å². The van der Waals surface area contributed by atoms with Crippen molar-refractivity contribution in [1.29, 1.82) is 0 Å². The number of nitrogens with zero attached hydrogens (tertiary/aromatic N) is 3. The lowest BCUT2D eigenvalue weighted by Gasteiger charge is -2.15. The minimum Gasteiger partial charge on any atom is -0.451 e. The van der Waals surface area contributed by atoms with Crippen LogP contribution in [-0.4, -0.2) is 30.4 Å². The normalized spacial score (nSPS) is 11.7. The van der Waals surface area contributed by atoms with Crippen LogP contribution >= 0.6 is 0 Å². The number of rotatable bonds is 5. The first-order valence-corrected chi connectivity index (χ1v) is 8.22. The molecule has 0 aliphatic carbocycles. The largest absolute Gasteiger partial charge is 0.451 e. The van der Waals surface area contributed by atoms with E-state index in [1.165, 1.54) is 25.5 Å². The molecule has 0 bridgehead atoms. The monoisotopic (exact) mass is 338 g/mol. The third kappa shape index (κ3) is 3.66. The molecule has 0 aliphatic heterocycles. The Labute approximate surface area is 134 Å². The molecule has 124 valence electrons. The van der Waals surface area contributed by atoms with Crippen molar-refractivity contribution >= 4 is 21.8 Å². The second-order valence-electron chi connectivity index (χ2n) is 5.00. The fourth-order valence-corrected chi connectivity index (χ4v) is 2.46. The third-order valence-corrected chi connectivity index (χ3v) is 4.37. The molecule has 0 fully saturated rings. The molecule has 2 rings (SSSR count). The van der Waals surface area contributed by atoms with E-state index in [4.69, 9.17) is 16.2 Å². The summed E-state index contributed by atoms with van der Waals surface area (Å²) in [7, 11) is -2.39. The van der Waals surface area contributed by atoms with E-state index in [0.717, 1.165) is 5.56 Å². The Morgan fingerprint density at radius 1 is 1.17 bits per heavy atom. The van der Waals surface area contributed by atoms with E-state index in [-0.39, 0.29) is 28.5 Å². The molecule has 10 heteroatoms. The topological polar surface area (TPSA) is 146 Å². The van der Waals surface area contributed by atoms with Gasteiger partial charge in [0.25, 0.3) is 10.0 Å². The molecule has 0 spiro atoms. The predicted octanol–water partition coefficient (Wildman–Crippen LogP) is 0.860. The van der Waals surface area contributed by atoms with Crippen molar-refractivity contribution < 1.29 is 13.2 Å². The van der Waals surface area contributed by atoms with E-state index < -0.39 is 10.0 Å². The van der Waals surface area contributed by atoms with E-state index in [2.05, 4.69) is 19.7 Å². The Morgan fingerprint density at radius 3 is 2.43 bits per heavy atom. The smallest absolute Gasteiger partial charge is 0.257 e. The quantitative estimate of drug-likeness (QED) is 0.727. The first-order chi connectivity index (χ1) is 10.7. The summed E-state index contributed by atoms with van der Waals surface area (Å²) in [4.78, 5) is 11.6. The second kappa shape index (κ2) is 6.34. The van der Waals surface area contributed by atoms with E-state index in [1.807, 2.05) is 13.8 Å². The molecule has 9 nitrogen and oxygen atoms in total. The number of sulfonamides is 1. The van der Waals surface area contributed by atoms with Gasteiger partial charge in [0.2, 0.25) is 5.95 Å². The van der Waals surface area contributed by atoms with E-state index in [1.54, 1.807) is 0 Å². The number of aromatic nitrogens is 3. The molecule has 2 heterocycles. The Hall–Kier alpha value is -2.46. The van der Waals surface area contributed by atoms with Gasteiger partial charge in [0.05, 0.1) is 6.20 Å². The van der Waals surface area contributed by atoms with Gasteiger partial charge in [-0.05, 0) is 13.0 Å². The average Bonchev–Trinajstić information content (AvgIpc) is 2.49. The fourth-order valence-electron chi connectivity index (χ4n) is 1.80. The molecule has 0 amide bonds. The molecular weight excluding hydrogens is 320 g/mol. The van der Waals surface area contributed by atoms with Crippen LogP contribution in [0, 0.1) is 0 Å². The Kier molecular flexibility index (Phi) is 4.66. The summed E-state index contributed by atoms with van der Waals surface area (Å²) < 4.78 is 31.7. The Morgan fingerprint density at radius 2 is 1.87 bits per heavy atom. The van der Waals surface area contributed by atoms with Crippen LogP contribution < -0.4 is 20.9 Å². The van der Waals surface area contributed by atoms with Gasteiger partial charge < -0.3 is 16.2 Å². The number of nitrogens with two attached hydrogens (primary N) is 2. The molecular formula is C13H18N6O3S. The number of hydrogen-bond donors (Lipinski definition) is 3. The molecule has 5 N–H and O–H groups in total. The number of pyridine rings is 1. The van der Waals surface area contributed by atoms with Crippen LogP contribution in [0.5, 0.6) is 11.5 Å². The van der Waals surface area contributed by atoms with Crippen molar-refractivity contribution in [3.05, 3.63) is 24.0 Å². The maximum Gasteiger partial charge on any atom is 0.257 e. The molecule has 0 atom stereocenters. The van der Waals surface area contributed by atoms with Crippen molar-refractivity contribution in [1.82, 2.24) is 19.7 Å². The molecule has 0 aromatic carbocycles. The number of nitrogens with one attached hydrogen (secondary N) is 1. The van der Waals surface area contributed by atoms with Gasteiger partial charge in [0.1, 0.15) is 5.75 Å². The maximum atomic E-state index is 11.9. The van der Waals surface area contributed by atoms with Gasteiger partial charge in [0, 0.05) is 17.8 Å². The van der Waals surface area contributed by atoms with Crippen molar-refractivity contribution in [2.75, 3.05) is 18.5 Å². The summed E-state index contributed by atoms with van der Waals surface area (Å²) in [5.41, 5.74) is 11.9. The van der Waals surface area contributed by atoms with Crippen LogP contribution in [0.4, 0.5) is 11.8 Å². The Bertz CT molecular complexity index is 822. The summed E-state index contributed by atoms with van der Waals surface area (Å²) in [6.07, 6.45) is 2.78. The highest BCUT2D eigenvalue weighted by Gasteiger charge is 2.19. The minimum absolute atomic E-state index is 0.0205. The summed E-state index contributed by atoms with van der Waals surface area (Å²) in [5.74, 6) is 0.623. The van der Waals surface area contributed by atoms with Gasteiger partial charge >= 0.3 is 0 Å². The molecule has 2 aromatic heterocycles. The zero-order valence-corrected chi connectivity index (χ0v) is 13.8. The highest BCUT2D eigenvalue weighted by molar-refractivity contribution is 7.89. The molecule has 0 saturated carbocycles. The van der Waals surface area contributed by atoms with Gasteiger partial charge in [-0.25, -0.2) is 23.1 Å². The van der Waals surface area contributed by atoms with Crippen LogP contribution in [0.3, 0.4) is 0 Å². The lowest BCUT2D eigenvalue weighted by Crippen LogP contribution is -2.20. The molecule has 0 saturated heterocycles. The average molecular weight is 338 g/mol. The fraction of sp³-hybridized carbons (Fsp3) is 0.308. The summed E-state index contributed by atoms with van der Waals surface area (Å²) in [6, 6.07) is 1.33. The summed E-state index contributed by atoms with van der Waals surface area (Å²) in [6.45, 7) is 3.86. The van der Waals surface area contributed by atoms with Crippen LogP contribution in [0.25, 0.3) is 0 Å². The number of nitrogen functional groups attached to an aromatic ring is 2. The van der Waals surface area contributed by atoms with Gasteiger partial charge in [-0.2, -0.15) is 4.98 Å². The SMILES string of the molecule is CNS(=O)(=O)c1cc(Oc2cnc(N)nc2N)c(C(C)C)cn1. The van der Waals surface area contributed by atoms with Crippen LogP contribution in [-0.2, 0) is 10.0 Å². The molecule has 0 aliphatic rings. The van der Waals surface area contributed by atoms with Crippen LogP contribution in [0.1, 0.15) is 25.3 Å². The van der Waals surface area contributed by atoms with Crippen molar-refractivity contribution in [3.8, 4) is 11.5 Å². The standard InChI is InChI=1S/C13H18N6O3S/c1-7(2)8-5-17-11(23(20,21)16-3)4-9(8)22-10-6-18-13(15)19-12(10)14/h4-7,16H,1-3H3,(H4,14,15,18,19). The lowest BCUT2D eigenvalue weighted by atomic mass is 10.1. The van der Waals surface area contributed by atoms with Gasteiger partial charge in [-0.3, -0.25) is 0 Å². The second-order valence-corrected chi connectivity index (χ2v) is 6.84. The summed E-state index contributed by atoms with van der Waals surface area (Å²) >= 11 is 0. The van der Waals surface area contributed by atoms with Crippen molar-refractivity contribution in [3.63, 3.8) is 0 Å². The lowest BCUT2D eigenvalue weighted by molar-refractivity contribution is 0.467. The zero-order valence-electron chi connectivity index (χ0n) is 12.9. The number of anilines is 2. The number of hydrogen-bond acceptors (Lipinski definition) is 8. The maximum absolute atomic E-state index is 11.9. The van der Waals surface area contributed by atoms with Gasteiger partial charge in [0.15, 0.2) is 16.6 Å². The molecule has 2 aromatic rings. The first kappa shape index (κ1) is 16.9. The van der Waals surface area contributed by atoms with E-state index >= 15 is 0 Å². The first-order valence-electron chi connectivity index (χ1n) is 6.74. The predicted molar refractivity (Wildman–Crippen MR) is 85.5 cm³/mol. The van der Waals surface area contributed by atoms with E-state index in [0.29, 0.717) is 5.75 Å². The van der Waals surface area contributed by atoms with Gasteiger partial charge in [-0.1, -0.05) is 13.8 Å². The van der Waals surface area contributed by atoms with Crippen molar-refractivity contribution in [2.24, 2.45) is 0 Å². The Balaban J connectivity index is 2.52. The summed E-state index contributed by atoms with van der Waals surface area (Å²) in [5, 5.41) is -0.158. The minimum atomic E-state index is -3.70. The number of ether oxygens (including phenoxy) is 1.